The summed E-state index contributed by atoms with van der Waals surface area (Å²) in [5, 5.41) is 0. The minimum absolute atomic E-state index is 0.306. The number of rotatable bonds is 7. The molecule has 0 aromatic heterocycles. The zero-order chi connectivity index (χ0) is 9.45. The molecule has 0 spiro atoms. The maximum atomic E-state index is 10.7. The highest BCUT2D eigenvalue weighted by Crippen LogP contribution is 2.05. The number of sulfone groups is 1. The Morgan fingerprint density at radius 3 is 2.33 bits per heavy atom. The first-order valence-electron chi connectivity index (χ1n) is 3.87. The van der Waals surface area contributed by atoms with Crippen LogP contribution in [0.5, 0.6) is 0 Å². The molecule has 12 heavy (non-hydrogen) atoms. The fourth-order valence-electron chi connectivity index (χ4n) is 0.682. The van der Waals surface area contributed by atoms with Crippen LogP contribution in [0.25, 0.3) is 0 Å². The second-order valence-electron chi connectivity index (χ2n) is 2.64. The molecule has 0 amide bonds. The third-order valence-corrected chi connectivity index (χ3v) is 3.68. The molecule has 0 aromatic carbocycles. The fourth-order valence-corrected chi connectivity index (χ4v) is 2.73. The summed E-state index contributed by atoms with van der Waals surface area (Å²) >= 11 is 7.25. The van der Waals surface area contributed by atoms with Gasteiger partial charge in [0, 0.05) is 12.1 Å². The van der Waals surface area contributed by atoms with E-state index >= 15 is 0 Å². The summed E-state index contributed by atoms with van der Waals surface area (Å²) in [6, 6.07) is 0. The molecule has 0 rings (SSSR count). The quantitative estimate of drug-likeness (QED) is 0.494. The van der Waals surface area contributed by atoms with Crippen molar-refractivity contribution in [2.45, 2.75) is 12.8 Å². The normalized spacial score (nSPS) is 11.8. The van der Waals surface area contributed by atoms with E-state index in [2.05, 4.69) is 0 Å². The summed E-state index contributed by atoms with van der Waals surface area (Å²) in [6.07, 6.45) is 3.04. The average molecular weight is 231 g/mol. The predicted octanol–water partition coefficient (Wildman–Crippen LogP) is 1.78. The first-order valence-corrected chi connectivity index (χ1v) is 7.62. The summed E-state index contributed by atoms with van der Waals surface area (Å²) in [5.74, 6) is 2.96. The Morgan fingerprint density at radius 2 is 1.83 bits per heavy atom. The van der Waals surface area contributed by atoms with Gasteiger partial charge >= 0.3 is 0 Å². The van der Waals surface area contributed by atoms with Crippen LogP contribution in [-0.2, 0) is 9.84 Å². The van der Waals surface area contributed by atoms with Gasteiger partial charge in [0.05, 0.1) is 5.75 Å². The van der Waals surface area contributed by atoms with Crippen molar-refractivity contribution in [2.75, 3.05) is 29.4 Å². The molecule has 0 bridgehead atoms. The highest BCUT2D eigenvalue weighted by atomic mass is 35.5. The first kappa shape index (κ1) is 12.6. The Balaban J connectivity index is 3.12. The molecule has 0 N–H and O–H groups in total. The summed E-state index contributed by atoms with van der Waals surface area (Å²) in [4.78, 5) is 0. The number of hydrogen-bond acceptors (Lipinski definition) is 3. The second kappa shape index (κ2) is 7.04. The highest BCUT2D eigenvalue weighted by Gasteiger charge is 2.00. The third kappa shape index (κ3) is 10.6. The SMILES string of the molecule is CS(=O)(=O)CCCSCCCCl. The summed E-state index contributed by atoms with van der Waals surface area (Å²) in [6.45, 7) is 0. The van der Waals surface area contributed by atoms with Gasteiger partial charge in [0.25, 0.3) is 0 Å². The van der Waals surface area contributed by atoms with Gasteiger partial charge in [-0.3, -0.25) is 0 Å². The van der Waals surface area contributed by atoms with Crippen LogP contribution < -0.4 is 0 Å². The van der Waals surface area contributed by atoms with E-state index in [4.69, 9.17) is 11.6 Å². The van der Waals surface area contributed by atoms with Crippen molar-refractivity contribution in [1.82, 2.24) is 0 Å². The van der Waals surface area contributed by atoms with E-state index in [1.807, 2.05) is 0 Å². The third-order valence-electron chi connectivity index (χ3n) is 1.23. The Kier molecular flexibility index (Phi) is 7.38. The predicted molar refractivity (Wildman–Crippen MR) is 57.0 cm³/mol. The maximum absolute atomic E-state index is 10.7. The second-order valence-corrected chi connectivity index (χ2v) is 6.50. The number of hydrogen-bond donors (Lipinski definition) is 0. The molecule has 74 valence electrons. The molecule has 0 radical (unpaired) electrons. The summed E-state index contributed by atoms with van der Waals surface area (Å²) in [5.41, 5.74) is 0. The van der Waals surface area contributed by atoms with E-state index in [0.29, 0.717) is 11.6 Å². The Bertz CT molecular complexity index is 190. The Labute approximate surface area is 84.0 Å². The lowest BCUT2D eigenvalue weighted by molar-refractivity contribution is 0.600. The van der Waals surface area contributed by atoms with E-state index in [9.17, 15) is 8.42 Å². The van der Waals surface area contributed by atoms with Gasteiger partial charge in [0.15, 0.2) is 0 Å². The van der Waals surface area contributed by atoms with Crippen molar-refractivity contribution in [1.29, 1.82) is 0 Å². The zero-order valence-corrected chi connectivity index (χ0v) is 9.64. The molecular weight excluding hydrogens is 216 g/mol. The van der Waals surface area contributed by atoms with E-state index in [0.717, 1.165) is 24.3 Å². The molecule has 2 nitrogen and oxygen atoms in total. The summed E-state index contributed by atoms with van der Waals surface area (Å²) < 4.78 is 21.4. The van der Waals surface area contributed by atoms with Crippen molar-refractivity contribution in [3.8, 4) is 0 Å². The van der Waals surface area contributed by atoms with Crippen molar-refractivity contribution in [3.05, 3.63) is 0 Å². The van der Waals surface area contributed by atoms with Crippen molar-refractivity contribution in [3.63, 3.8) is 0 Å². The van der Waals surface area contributed by atoms with Gasteiger partial charge in [-0.25, -0.2) is 8.42 Å². The van der Waals surface area contributed by atoms with Crippen molar-refractivity contribution < 1.29 is 8.42 Å². The minimum atomic E-state index is -2.76. The van der Waals surface area contributed by atoms with Crippen LogP contribution in [0.15, 0.2) is 0 Å². The number of thioether (sulfide) groups is 1. The molecule has 0 fully saturated rings. The van der Waals surface area contributed by atoms with Gasteiger partial charge in [-0.15, -0.1) is 11.6 Å². The van der Waals surface area contributed by atoms with Gasteiger partial charge in [0.2, 0.25) is 0 Å². The topological polar surface area (TPSA) is 34.1 Å². The molecular formula is C7H15ClO2S2. The molecule has 0 atom stereocenters. The number of halogens is 1. The van der Waals surface area contributed by atoms with Crippen LogP contribution in [0.4, 0.5) is 0 Å². The minimum Gasteiger partial charge on any atom is -0.229 e. The standard InChI is InChI=1S/C7H15ClO2S2/c1-12(9,10)7-3-6-11-5-2-4-8/h2-7H2,1H3. The lowest BCUT2D eigenvalue weighted by atomic mass is 10.6. The largest absolute Gasteiger partial charge is 0.229 e. The van der Waals surface area contributed by atoms with Crippen LogP contribution in [-0.4, -0.2) is 37.8 Å². The van der Waals surface area contributed by atoms with Gasteiger partial charge in [-0.1, -0.05) is 0 Å². The highest BCUT2D eigenvalue weighted by molar-refractivity contribution is 7.99. The van der Waals surface area contributed by atoms with Crippen LogP contribution in [0.1, 0.15) is 12.8 Å². The monoisotopic (exact) mass is 230 g/mol. The maximum Gasteiger partial charge on any atom is 0.147 e. The number of alkyl halides is 1. The van der Waals surface area contributed by atoms with Crippen LogP contribution >= 0.6 is 23.4 Å². The molecule has 0 aliphatic rings. The molecule has 5 heteroatoms. The molecule has 0 aliphatic carbocycles. The van der Waals surface area contributed by atoms with Gasteiger partial charge in [0.1, 0.15) is 9.84 Å². The van der Waals surface area contributed by atoms with Crippen LogP contribution in [0.3, 0.4) is 0 Å². The lowest BCUT2D eigenvalue weighted by Crippen LogP contribution is -2.03. The molecule has 0 heterocycles. The zero-order valence-electron chi connectivity index (χ0n) is 7.25. The Hall–Kier alpha value is 0.590. The molecule has 0 saturated carbocycles. The smallest absolute Gasteiger partial charge is 0.147 e. The van der Waals surface area contributed by atoms with Gasteiger partial charge in [-0.05, 0) is 24.3 Å². The fraction of sp³-hybridized carbons (Fsp3) is 1.00. The van der Waals surface area contributed by atoms with Crippen LogP contribution in [0.2, 0.25) is 0 Å². The van der Waals surface area contributed by atoms with Crippen LogP contribution in [0, 0.1) is 0 Å². The molecule has 0 unspecified atom stereocenters. The molecule has 0 aliphatic heterocycles. The Morgan fingerprint density at radius 1 is 1.25 bits per heavy atom. The lowest BCUT2D eigenvalue weighted by Gasteiger charge is -1.98. The molecule has 0 saturated heterocycles. The first-order chi connectivity index (χ1) is 5.56. The van der Waals surface area contributed by atoms with Crippen molar-refractivity contribution in [2.24, 2.45) is 0 Å². The van der Waals surface area contributed by atoms with E-state index < -0.39 is 9.84 Å². The summed E-state index contributed by atoms with van der Waals surface area (Å²) in [7, 11) is -2.76. The van der Waals surface area contributed by atoms with E-state index in [1.165, 1.54) is 6.26 Å². The van der Waals surface area contributed by atoms with Gasteiger partial charge < -0.3 is 0 Å². The van der Waals surface area contributed by atoms with E-state index in [-0.39, 0.29) is 0 Å². The van der Waals surface area contributed by atoms with Crippen molar-refractivity contribution >= 4 is 33.2 Å². The average Bonchev–Trinajstić information content (AvgIpc) is 1.94. The van der Waals surface area contributed by atoms with Gasteiger partial charge in [-0.2, -0.15) is 11.8 Å². The molecule has 0 aromatic rings. The van der Waals surface area contributed by atoms with E-state index in [1.54, 1.807) is 11.8 Å².